The molecular formula is C15H20N6OS. The predicted molar refractivity (Wildman–Crippen MR) is 90.9 cm³/mol. The van der Waals surface area contributed by atoms with Gasteiger partial charge in [0.25, 0.3) is 0 Å². The highest BCUT2D eigenvalue weighted by Gasteiger charge is 2.14. The molecule has 2 amide bonds. The number of carbonyl (C=O) groups excluding carboxylic acids is 1. The number of amides is 2. The third kappa shape index (κ3) is 4.69. The Labute approximate surface area is 139 Å². The molecular weight excluding hydrogens is 312 g/mol. The third-order valence-electron chi connectivity index (χ3n) is 3.70. The van der Waals surface area contributed by atoms with Crippen LogP contribution in [0.5, 0.6) is 0 Å². The Morgan fingerprint density at radius 3 is 2.91 bits per heavy atom. The van der Waals surface area contributed by atoms with Gasteiger partial charge in [0.15, 0.2) is 5.82 Å². The highest BCUT2D eigenvalue weighted by atomic mass is 32.2. The molecule has 1 aliphatic rings. The standard InChI is InChI=1S/C15H20N6OS/c22-15(17-7-8-23-13-3-1-2-4-13)20-12-5-6-14(18-9-12)21-11-16-10-19-21/h5-6,9-11,13H,1-4,7-8H2,(H2,17,20,22). The zero-order chi connectivity index (χ0) is 15.9. The Balaban J connectivity index is 1.39. The summed E-state index contributed by atoms with van der Waals surface area (Å²) < 4.78 is 1.56. The number of nitrogens with zero attached hydrogens (tertiary/aromatic N) is 4. The summed E-state index contributed by atoms with van der Waals surface area (Å²) in [5, 5.41) is 10.4. The van der Waals surface area contributed by atoms with Gasteiger partial charge in [-0.05, 0) is 25.0 Å². The molecule has 2 heterocycles. The van der Waals surface area contributed by atoms with E-state index in [2.05, 4.69) is 25.7 Å². The first-order chi connectivity index (χ1) is 11.3. The fourth-order valence-electron chi connectivity index (χ4n) is 2.54. The fourth-order valence-corrected chi connectivity index (χ4v) is 3.76. The number of hydrogen-bond acceptors (Lipinski definition) is 5. The van der Waals surface area contributed by atoms with Crippen LogP contribution >= 0.6 is 11.8 Å². The van der Waals surface area contributed by atoms with E-state index in [1.54, 1.807) is 29.3 Å². The van der Waals surface area contributed by atoms with Crippen molar-refractivity contribution in [1.29, 1.82) is 0 Å². The summed E-state index contributed by atoms with van der Waals surface area (Å²) >= 11 is 1.96. The molecule has 2 aromatic rings. The van der Waals surface area contributed by atoms with Crippen molar-refractivity contribution in [3.8, 4) is 5.82 Å². The maximum Gasteiger partial charge on any atom is 0.319 e. The lowest BCUT2D eigenvalue weighted by molar-refractivity contribution is 0.252. The number of anilines is 1. The molecule has 2 aromatic heterocycles. The molecule has 0 atom stereocenters. The number of thioether (sulfide) groups is 1. The van der Waals surface area contributed by atoms with Crippen molar-refractivity contribution in [2.24, 2.45) is 0 Å². The van der Waals surface area contributed by atoms with Gasteiger partial charge in [0.2, 0.25) is 0 Å². The number of pyridine rings is 1. The van der Waals surface area contributed by atoms with Crippen LogP contribution in [0.2, 0.25) is 0 Å². The molecule has 7 nitrogen and oxygen atoms in total. The minimum absolute atomic E-state index is 0.202. The predicted octanol–water partition coefficient (Wildman–Crippen LogP) is 2.46. The lowest BCUT2D eigenvalue weighted by Gasteiger charge is -2.10. The molecule has 3 rings (SSSR count). The first kappa shape index (κ1) is 15.8. The second-order valence-electron chi connectivity index (χ2n) is 5.40. The maximum absolute atomic E-state index is 11.8. The molecule has 122 valence electrons. The maximum atomic E-state index is 11.8. The van der Waals surface area contributed by atoms with Gasteiger partial charge in [0.1, 0.15) is 12.7 Å². The van der Waals surface area contributed by atoms with Gasteiger partial charge in [-0.2, -0.15) is 16.9 Å². The Kier molecular flexibility index (Phi) is 5.46. The van der Waals surface area contributed by atoms with E-state index in [1.165, 1.54) is 32.0 Å². The van der Waals surface area contributed by atoms with Gasteiger partial charge < -0.3 is 10.6 Å². The van der Waals surface area contributed by atoms with Crippen LogP contribution in [0, 0.1) is 0 Å². The smallest absolute Gasteiger partial charge is 0.319 e. The van der Waals surface area contributed by atoms with Crippen LogP contribution in [-0.4, -0.2) is 43.3 Å². The van der Waals surface area contributed by atoms with Crippen LogP contribution in [0.1, 0.15) is 25.7 Å². The normalized spacial score (nSPS) is 14.8. The monoisotopic (exact) mass is 332 g/mol. The second kappa shape index (κ2) is 7.96. The molecule has 0 unspecified atom stereocenters. The van der Waals surface area contributed by atoms with Crippen LogP contribution in [-0.2, 0) is 0 Å². The van der Waals surface area contributed by atoms with Crippen LogP contribution in [0.15, 0.2) is 31.0 Å². The fraction of sp³-hybridized carbons (Fsp3) is 0.467. The molecule has 0 bridgehead atoms. The molecule has 2 N–H and O–H groups in total. The van der Waals surface area contributed by atoms with Crippen LogP contribution < -0.4 is 10.6 Å². The van der Waals surface area contributed by atoms with Crippen molar-refractivity contribution >= 4 is 23.5 Å². The van der Waals surface area contributed by atoms with Gasteiger partial charge in [-0.25, -0.2) is 19.4 Å². The van der Waals surface area contributed by atoms with E-state index in [-0.39, 0.29) is 6.03 Å². The summed E-state index contributed by atoms with van der Waals surface area (Å²) in [4.78, 5) is 19.9. The van der Waals surface area contributed by atoms with E-state index in [9.17, 15) is 4.79 Å². The molecule has 0 spiro atoms. The lowest BCUT2D eigenvalue weighted by atomic mass is 10.4. The van der Waals surface area contributed by atoms with Gasteiger partial charge in [-0.15, -0.1) is 0 Å². The molecule has 8 heteroatoms. The highest BCUT2D eigenvalue weighted by molar-refractivity contribution is 7.99. The van der Waals surface area contributed by atoms with Gasteiger partial charge in [0.05, 0.1) is 11.9 Å². The first-order valence-electron chi connectivity index (χ1n) is 7.79. The van der Waals surface area contributed by atoms with E-state index in [0.29, 0.717) is 18.1 Å². The Hall–Kier alpha value is -2.09. The number of nitrogens with one attached hydrogen (secondary N) is 2. The van der Waals surface area contributed by atoms with E-state index in [0.717, 1.165) is 11.0 Å². The molecule has 1 saturated carbocycles. The summed E-state index contributed by atoms with van der Waals surface area (Å²) in [6, 6.07) is 3.37. The van der Waals surface area contributed by atoms with Gasteiger partial charge in [0, 0.05) is 17.5 Å². The number of urea groups is 1. The number of carbonyl (C=O) groups is 1. The zero-order valence-electron chi connectivity index (χ0n) is 12.8. The minimum Gasteiger partial charge on any atom is -0.337 e. The average molecular weight is 332 g/mol. The van der Waals surface area contributed by atoms with Gasteiger partial charge in [-0.3, -0.25) is 0 Å². The van der Waals surface area contributed by atoms with Crippen LogP contribution in [0.3, 0.4) is 0 Å². The van der Waals surface area contributed by atoms with E-state index in [4.69, 9.17) is 0 Å². The topological polar surface area (TPSA) is 84.7 Å². The SMILES string of the molecule is O=C(NCCSC1CCCC1)Nc1ccc(-n2cncn2)nc1. The Morgan fingerprint density at radius 2 is 2.22 bits per heavy atom. The lowest BCUT2D eigenvalue weighted by Crippen LogP contribution is -2.30. The summed E-state index contributed by atoms with van der Waals surface area (Å²) in [5.41, 5.74) is 0.648. The van der Waals surface area contributed by atoms with Crippen molar-refractivity contribution in [3.05, 3.63) is 31.0 Å². The van der Waals surface area contributed by atoms with Crippen LogP contribution in [0.25, 0.3) is 5.82 Å². The summed E-state index contributed by atoms with van der Waals surface area (Å²) in [5.74, 6) is 1.61. The zero-order valence-corrected chi connectivity index (χ0v) is 13.6. The number of rotatable bonds is 6. The molecule has 0 radical (unpaired) electrons. The molecule has 1 fully saturated rings. The van der Waals surface area contributed by atoms with E-state index < -0.39 is 0 Å². The van der Waals surface area contributed by atoms with Crippen molar-refractivity contribution in [2.75, 3.05) is 17.6 Å². The molecule has 0 aliphatic heterocycles. The van der Waals surface area contributed by atoms with Crippen molar-refractivity contribution in [3.63, 3.8) is 0 Å². The Morgan fingerprint density at radius 1 is 1.35 bits per heavy atom. The quantitative estimate of drug-likeness (QED) is 0.794. The Bertz CT molecular complexity index is 609. The van der Waals surface area contributed by atoms with Gasteiger partial charge >= 0.3 is 6.03 Å². The highest BCUT2D eigenvalue weighted by Crippen LogP contribution is 2.28. The summed E-state index contributed by atoms with van der Waals surface area (Å²) in [6.07, 6.45) is 9.96. The largest absolute Gasteiger partial charge is 0.337 e. The number of aromatic nitrogens is 4. The van der Waals surface area contributed by atoms with Crippen molar-refractivity contribution in [2.45, 2.75) is 30.9 Å². The van der Waals surface area contributed by atoms with Gasteiger partial charge in [-0.1, -0.05) is 12.8 Å². The molecule has 0 aromatic carbocycles. The average Bonchev–Trinajstić information content (AvgIpc) is 3.26. The second-order valence-corrected chi connectivity index (χ2v) is 6.81. The number of hydrogen-bond donors (Lipinski definition) is 2. The first-order valence-corrected chi connectivity index (χ1v) is 8.83. The summed E-state index contributed by atoms with van der Waals surface area (Å²) in [7, 11) is 0. The van der Waals surface area contributed by atoms with Crippen molar-refractivity contribution < 1.29 is 4.79 Å². The molecule has 0 saturated heterocycles. The minimum atomic E-state index is -0.202. The van der Waals surface area contributed by atoms with E-state index in [1.807, 2.05) is 11.8 Å². The molecule has 1 aliphatic carbocycles. The van der Waals surface area contributed by atoms with E-state index >= 15 is 0 Å². The third-order valence-corrected chi connectivity index (χ3v) is 5.09. The van der Waals surface area contributed by atoms with Crippen LogP contribution in [0.4, 0.5) is 10.5 Å². The summed E-state index contributed by atoms with van der Waals surface area (Å²) in [6.45, 7) is 0.678. The molecule has 23 heavy (non-hydrogen) atoms. The van der Waals surface area contributed by atoms with Crippen molar-refractivity contribution in [1.82, 2.24) is 25.1 Å².